The summed E-state index contributed by atoms with van der Waals surface area (Å²) < 4.78 is 23.1. The first-order valence-electron chi connectivity index (χ1n) is 19.6. The molecule has 9 nitrogen and oxygen atoms in total. The zero-order valence-electron chi connectivity index (χ0n) is 33.1. The highest BCUT2D eigenvalue weighted by molar-refractivity contribution is 5.76. The van der Waals surface area contributed by atoms with E-state index in [1.54, 1.807) is 33.1 Å². The summed E-state index contributed by atoms with van der Waals surface area (Å²) in [6.45, 7) is 12.5. The molecule has 0 aliphatic carbocycles. The number of carbonyl (C=O) groups excluding carboxylic acids is 2. The van der Waals surface area contributed by atoms with Crippen LogP contribution in [0.5, 0.6) is 23.0 Å². The number of ketones is 2. The van der Waals surface area contributed by atoms with Gasteiger partial charge >= 0.3 is 0 Å². The van der Waals surface area contributed by atoms with Gasteiger partial charge in [-0.3, -0.25) is 0 Å². The van der Waals surface area contributed by atoms with Crippen LogP contribution < -0.4 is 24.0 Å². The molecular formula is C46H58N2O7. The molecule has 2 aliphatic heterocycles. The summed E-state index contributed by atoms with van der Waals surface area (Å²) in [7, 11) is 1.70. The van der Waals surface area contributed by atoms with E-state index in [4.69, 9.17) is 18.9 Å². The summed E-state index contributed by atoms with van der Waals surface area (Å²) >= 11 is 0. The van der Waals surface area contributed by atoms with Crippen LogP contribution in [0.2, 0.25) is 0 Å². The van der Waals surface area contributed by atoms with E-state index in [-0.39, 0.29) is 41.4 Å². The molecule has 0 radical (unpaired) electrons. The highest BCUT2D eigenvalue weighted by atomic mass is 16.5. The molecule has 4 atom stereocenters. The molecule has 294 valence electrons. The second-order valence-electron chi connectivity index (χ2n) is 14.9. The quantitative estimate of drug-likeness (QED) is 0.106. The highest BCUT2D eigenvalue weighted by Gasteiger charge is 2.25. The molecule has 0 saturated carbocycles. The van der Waals surface area contributed by atoms with E-state index in [0.717, 1.165) is 68.4 Å². The summed E-state index contributed by atoms with van der Waals surface area (Å²) in [4.78, 5) is 27.2. The molecule has 1 N–H and O–H groups in total. The molecule has 2 aliphatic rings. The Labute approximate surface area is 327 Å². The van der Waals surface area contributed by atoms with E-state index in [9.17, 15) is 14.7 Å². The minimum atomic E-state index is 0.161. The van der Waals surface area contributed by atoms with E-state index in [1.807, 2.05) is 48.5 Å². The van der Waals surface area contributed by atoms with Crippen molar-refractivity contribution in [2.45, 2.75) is 83.8 Å². The van der Waals surface area contributed by atoms with Crippen LogP contribution in [0.15, 0.2) is 97.1 Å². The maximum absolute atomic E-state index is 11.3. The van der Waals surface area contributed by atoms with Crippen LogP contribution in [0.4, 0.5) is 11.4 Å². The first-order valence-corrected chi connectivity index (χ1v) is 19.6. The monoisotopic (exact) mass is 750 g/mol. The van der Waals surface area contributed by atoms with Crippen LogP contribution >= 0.6 is 0 Å². The van der Waals surface area contributed by atoms with Gasteiger partial charge in [0.15, 0.2) is 0 Å². The molecule has 2 heterocycles. The minimum Gasteiger partial charge on any atom is -0.508 e. The number of carbonyl (C=O) groups is 2. The SMILES string of the molecule is CC(=O)C[C@@H](C)c1ccc(OC2CCN(c3ccc(O)cc3)C2)cc1.COCCCOc1ccc(N2CCC(Oc3ccc([C@H](C)CC(C)=O)cc3)C2)cc1. The Kier molecular flexibility index (Phi) is 15.4. The van der Waals surface area contributed by atoms with Crippen LogP contribution in [0.1, 0.15) is 82.8 Å². The zero-order valence-corrected chi connectivity index (χ0v) is 33.1. The number of hydrogen-bond acceptors (Lipinski definition) is 9. The van der Waals surface area contributed by atoms with Crippen molar-refractivity contribution < 1.29 is 33.6 Å². The Balaban J connectivity index is 0.000000214. The highest BCUT2D eigenvalue weighted by Crippen LogP contribution is 2.29. The van der Waals surface area contributed by atoms with Gasteiger partial charge in [-0.05, 0) is 110 Å². The van der Waals surface area contributed by atoms with Gasteiger partial charge in [-0.25, -0.2) is 0 Å². The van der Waals surface area contributed by atoms with E-state index in [0.29, 0.717) is 26.1 Å². The molecule has 2 unspecified atom stereocenters. The largest absolute Gasteiger partial charge is 0.508 e. The Bertz CT molecular complexity index is 1760. The minimum absolute atomic E-state index is 0.161. The number of aromatic hydroxyl groups is 1. The van der Waals surface area contributed by atoms with E-state index in [1.165, 1.54) is 16.8 Å². The lowest BCUT2D eigenvalue weighted by atomic mass is 9.96. The van der Waals surface area contributed by atoms with Crippen molar-refractivity contribution >= 4 is 22.9 Å². The predicted molar refractivity (Wildman–Crippen MR) is 219 cm³/mol. The van der Waals surface area contributed by atoms with Crippen molar-refractivity contribution in [2.75, 3.05) is 56.3 Å². The van der Waals surface area contributed by atoms with Crippen molar-refractivity contribution in [3.63, 3.8) is 0 Å². The molecule has 0 aromatic heterocycles. The van der Waals surface area contributed by atoms with Gasteiger partial charge < -0.3 is 43.4 Å². The van der Waals surface area contributed by atoms with Gasteiger partial charge in [0.1, 0.15) is 46.8 Å². The van der Waals surface area contributed by atoms with Crippen LogP contribution in [-0.2, 0) is 14.3 Å². The lowest BCUT2D eigenvalue weighted by Crippen LogP contribution is -2.24. The second-order valence-corrected chi connectivity index (χ2v) is 14.9. The molecule has 55 heavy (non-hydrogen) atoms. The maximum Gasteiger partial charge on any atom is 0.130 e. The molecule has 2 fully saturated rings. The second kappa shape index (κ2) is 20.6. The summed E-state index contributed by atoms with van der Waals surface area (Å²) in [6.07, 6.45) is 4.35. The maximum atomic E-state index is 11.3. The summed E-state index contributed by atoms with van der Waals surface area (Å²) in [6, 6.07) is 31.8. The molecule has 4 aromatic rings. The third-order valence-electron chi connectivity index (χ3n) is 10.2. The van der Waals surface area contributed by atoms with E-state index >= 15 is 0 Å². The van der Waals surface area contributed by atoms with Crippen molar-refractivity contribution in [3.8, 4) is 23.0 Å². The fraction of sp³-hybridized carbons (Fsp3) is 0.435. The third kappa shape index (κ3) is 13.1. The van der Waals surface area contributed by atoms with E-state index in [2.05, 4.69) is 60.0 Å². The third-order valence-corrected chi connectivity index (χ3v) is 10.2. The normalized spacial score (nSPS) is 17.5. The van der Waals surface area contributed by atoms with Gasteiger partial charge in [0.25, 0.3) is 0 Å². The number of ether oxygens (including phenoxy) is 4. The van der Waals surface area contributed by atoms with Crippen LogP contribution in [0.3, 0.4) is 0 Å². The van der Waals surface area contributed by atoms with Crippen molar-refractivity contribution in [1.82, 2.24) is 0 Å². The van der Waals surface area contributed by atoms with E-state index < -0.39 is 0 Å². The van der Waals surface area contributed by atoms with Gasteiger partial charge in [-0.2, -0.15) is 0 Å². The fourth-order valence-electron chi connectivity index (χ4n) is 7.16. The number of nitrogens with zero attached hydrogens (tertiary/aromatic N) is 2. The predicted octanol–water partition coefficient (Wildman–Crippen LogP) is 8.97. The number of phenols is 1. The van der Waals surface area contributed by atoms with Crippen LogP contribution in [0.25, 0.3) is 0 Å². The summed E-state index contributed by atoms with van der Waals surface area (Å²) in [5.41, 5.74) is 4.64. The van der Waals surface area contributed by atoms with Gasteiger partial charge in [0, 0.05) is 70.3 Å². The van der Waals surface area contributed by atoms with Gasteiger partial charge in [-0.15, -0.1) is 0 Å². The first-order chi connectivity index (χ1) is 26.6. The average molecular weight is 751 g/mol. The zero-order chi connectivity index (χ0) is 39.2. The average Bonchev–Trinajstić information content (AvgIpc) is 3.84. The number of anilines is 2. The Morgan fingerprint density at radius 3 is 1.47 bits per heavy atom. The lowest BCUT2D eigenvalue weighted by molar-refractivity contribution is -0.118. The number of hydrogen-bond donors (Lipinski definition) is 1. The fourth-order valence-corrected chi connectivity index (χ4v) is 7.16. The topological polar surface area (TPSA) is 97.8 Å². The Morgan fingerprint density at radius 1 is 0.636 bits per heavy atom. The van der Waals surface area contributed by atoms with Crippen LogP contribution in [0, 0.1) is 0 Å². The molecule has 0 amide bonds. The van der Waals surface area contributed by atoms with Crippen molar-refractivity contribution in [2.24, 2.45) is 0 Å². The lowest BCUT2D eigenvalue weighted by Gasteiger charge is -2.20. The number of benzene rings is 4. The number of methoxy groups -OCH3 is 1. The number of rotatable bonds is 17. The number of phenolic OH excluding ortho intramolecular Hbond substituents is 1. The Morgan fingerprint density at radius 2 is 1.05 bits per heavy atom. The van der Waals surface area contributed by atoms with Crippen molar-refractivity contribution in [1.29, 1.82) is 0 Å². The molecule has 2 saturated heterocycles. The van der Waals surface area contributed by atoms with Gasteiger partial charge in [0.05, 0.1) is 19.7 Å². The summed E-state index contributed by atoms with van der Waals surface area (Å²) in [5.74, 6) is 3.86. The molecule has 9 heteroatoms. The first kappa shape index (κ1) is 41.1. The standard InChI is InChI=1S/C25H33NO4.C21H25NO3/c1-19(17-20(2)27)21-5-9-24(10-6-21)30-25-13-14-26(18-25)22-7-11-23(12-8-22)29-16-4-15-28-3;1-15(13-16(2)23)17-3-9-20(10-4-17)25-21-11-12-22(14-21)18-5-7-19(24)8-6-18/h5-12,19,25H,4,13-18H2,1-3H3;3-10,15,21,24H,11-14H2,1-2H3/t19-,25?;15-,21?/m11/s1. The van der Waals surface area contributed by atoms with Gasteiger partial charge in [0.2, 0.25) is 0 Å². The molecular weight excluding hydrogens is 693 g/mol. The van der Waals surface area contributed by atoms with Gasteiger partial charge in [-0.1, -0.05) is 38.1 Å². The Hall–Kier alpha value is -5.02. The van der Waals surface area contributed by atoms with Crippen LogP contribution in [-0.4, -0.2) is 75.4 Å². The number of Topliss-reactive ketones (excluding diaryl/α,β-unsaturated/α-hetero) is 2. The molecule has 0 spiro atoms. The molecule has 4 aromatic carbocycles. The molecule has 0 bridgehead atoms. The smallest absolute Gasteiger partial charge is 0.130 e. The summed E-state index contributed by atoms with van der Waals surface area (Å²) in [5, 5.41) is 9.39. The molecule has 6 rings (SSSR count). The van der Waals surface area contributed by atoms with Crippen molar-refractivity contribution in [3.05, 3.63) is 108 Å².